The van der Waals surface area contributed by atoms with E-state index >= 15 is 0 Å². The van der Waals surface area contributed by atoms with Crippen molar-refractivity contribution in [3.8, 4) is 0 Å². The summed E-state index contributed by atoms with van der Waals surface area (Å²) in [5.74, 6) is -1.87. The van der Waals surface area contributed by atoms with Crippen LogP contribution in [-0.2, 0) is 13.1 Å². The lowest BCUT2D eigenvalue weighted by molar-refractivity contribution is 0.506. The maximum atomic E-state index is 13.3. The van der Waals surface area contributed by atoms with Gasteiger partial charge in [0.15, 0.2) is 11.6 Å². The molecule has 0 aliphatic carbocycles. The van der Waals surface area contributed by atoms with Crippen LogP contribution in [0, 0.1) is 11.6 Å². The summed E-state index contributed by atoms with van der Waals surface area (Å²) in [6, 6.07) is 10.8. The topological polar surface area (TPSA) is 50.1 Å². The maximum Gasteiger partial charge on any atom is 0.337 e. The molecular formula is C16H12ClF2N3OS. The quantitative estimate of drug-likeness (QED) is 0.755. The van der Waals surface area contributed by atoms with Crippen molar-refractivity contribution in [1.82, 2.24) is 8.94 Å². The fourth-order valence-electron chi connectivity index (χ4n) is 2.11. The molecule has 0 amide bonds. The van der Waals surface area contributed by atoms with E-state index in [0.29, 0.717) is 21.9 Å². The molecule has 0 unspecified atom stereocenters. The SMILES string of the molecule is O=c1[nH]sc(=NCc2ccc(Cl)cc2)n1Cc1ccc(F)c(F)c1. The van der Waals surface area contributed by atoms with Gasteiger partial charge in [0.05, 0.1) is 13.1 Å². The number of benzene rings is 2. The third-order valence-corrected chi connectivity index (χ3v) is 4.40. The van der Waals surface area contributed by atoms with Gasteiger partial charge in [0.25, 0.3) is 0 Å². The van der Waals surface area contributed by atoms with Crippen molar-refractivity contribution in [2.75, 3.05) is 0 Å². The monoisotopic (exact) mass is 367 g/mol. The highest BCUT2D eigenvalue weighted by Gasteiger charge is 2.07. The fraction of sp³-hybridized carbons (Fsp3) is 0.125. The van der Waals surface area contributed by atoms with Crippen LogP contribution in [0.4, 0.5) is 8.78 Å². The first-order valence-electron chi connectivity index (χ1n) is 7.00. The minimum Gasteiger partial charge on any atom is -0.264 e. The van der Waals surface area contributed by atoms with Crippen LogP contribution in [-0.4, -0.2) is 8.94 Å². The fourth-order valence-corrected chi connectivity index (χ4v) is 2.91. The molecule has 1 aromatic heterocycles. The summed E-state index contributed by atoms with van der Waals surface area (Å²) >= 11 is 6.93. The van der Waals surface area contributed by atoms with Gasteiger partial charge in [-0.25, -0.2) is 13.6 Å². The Hall–Kier alpha value is -2.25. The molecule has 0 atom stereocenters. The number of hydrogen-bond acceptors (Lipinski definition) is 3. The second kappa shape index (κ2) is 7.11. The zero-order valence-electron chi connectivity index (χ0n) is 12.3. The molecule has 0 bridgehead atoms. The largest absolute Gasteiger partial charge is 0.337 e. The van der Waals surface area contributed by atoms with Gasteiger partial charge in [-0.1, -0.05) is 29.8 Å². The third-order valence-electron chi connectivity index (χ3n) is 3.34. The van der Waals surface area contributed by atoms with Crippen molar-refractivity contribution in [2.45, 2.75) is 13.1 Å². The lowest BCUT2D eigenvalue weighted by Crippen LogP contribution is -2.27. The van der Waals surface area contributed by atoms with E-state index in [4.69, 9.17) is 11.6 Å². The Labute approximate surface area is 144 Å². The molecule has 1 heterocycles. The molecule has 0 saturated heterocycles. The van der Waals surface area contributed by atoms with Crippen LogP contribution in [0.2, 0.25) is 5.02 Å². The van der Waals surface area contributed by atoms with Crippen LogP contribution < -0.4 is 10.5 Å². The summed E-state index contributed by atoms with van der Waals surface area (Å²) in [6.45, 7) is 0.484. The molecule has 0 fully saturated rings. The average Bonchev–Trinajstić information content (AvgIpc) is 2.91. The normalized spacial score (nSPS) is 11.9. The number of aromatic nitrogens is 2. The maximum absolute atomic E-state index is 13.3. The van der Waals surface area contributed by atoms with E-state index in [1.54, 1.807) is 12.1 Å². The molecule has 0 radical (unpaired) electrons. The van der Waals surface area contributed by atoms with Crippen LogP contribution in [0.5, 0.6) is 0 Å². The van der Waals surface area contributed by atoms with Crippen molar-refractivity contribution in [2.24, 2.45) is 4.99 Å². The number of nitrogens with zero attached hydrogens (tertiary/aromatic N) is 2. The summed E-state index contributed by atoms with van der Waals surface area (Å²) < 4.78 is 30.3. The molecule has 8 heteroatoms. The summed E-state index contributed by atoms with van der Waals surface area (Å²) in [5.41, 5.74) is 1.07. The van der Waals surface area contributed by atoms with Crippen molar-refractivity contribution in [3.63, 3.8) is 0 Å². The van der Waals surface area contributed by atoms with Gasteiger partial charge in [-0.15, -0.1) is 0 Å². The highest BCUT2D eigenvalue weighted by atomic mass is 35.5. The van der Waals surface area contributed by atoms with Gasteiger partial charge < -0.3 is 0 Å². The lowest BCUT2D eigenvalue weighted by atomic mass is 10.2. The van der Waals surface area contributed by atoms with E-state index in [-0.39, 0.29) is 12.2 Å². The molecule has 0 spiro atoms. The van der Waals surface area contributed by atoms with Crippen molar-refractivity contribution < 1.29 is 8.78 Å². The Morgan fingerprint density at radius 2 is 1.79 bits per heavy atom. The molecule has 24 heavy (non-hydrogen) atoms. The van der Waals surface area contributed by atoms with Gasteiger partial charge in [0.2, 0.25) is 4.80 Å². The van der Waals surface area contributed by atoms with Crippen LogP contribution in [0.3, 0.4) is 0 Å². The minimum absolute atomic E-state index is 0.107. The minimum atomic E-state index is -0.945. The molecule has 1 N–H and O–H groups in total. The van der Waals surface area contributed by atoms with E-state index in [9.17, 15) is 13.6 Å². The molecule has 4 nitrogen and oxygen atoms in total. The third kappa shape index (κ3) is 3.80. The van der Waals surface area contributed by atoms with Crippen molar-refractivity contribution in [1.29, 1.82) is 0 Å². The molecule has 3 aromatic rings. The van der Waals surface area contributed by atoms with Crippen LogP contribution in [0.1, 0.15) is 11.1 Å². The van der Waals surface area contributed by atoms with Gasteiger partial charge >= 0.3 is 5.69 Å². The number of nitrogens with one attached hydrogen (secondary N) is 1. The summed E-state index contributed by atoms with van der Waals surface area (Å²) in [7, 11) is 0. The predicted molar refractivity (Wildman–Crippen MR) is 89.1 cm³/mol. The Morgan fingerprint density at radius 3 is 2.50 bits per heavy atom. The molecule has 0 aliphatic rings. The Morgan fingerprint density at radius 1 is 1.08 bits per heavy atom. The second-order valence-corrected chi connectivity index (χ2v) is 6.28. The van der Waals surface area contributed by atoms with Crippen LogP contribution >= 0.6 is 23.1 Å². The van der Waals surface area contributed by atoms with Crippen molar-refractivity contribution >= 4 is 23.1 Å². The van der Waals surface area contributed by atoms with E-state index < -0.39 is 11.6 Å². The van der Waals surface area contributed by atoms with Gasteiger partial charge in [-0.05, 0) is 46.9 Å². The number of aromatic amines is 1. The molecule has 124 valence electrons. The summed E-state index contributed by atoms with van der Waals surface area (Å²) in [5, 5.41) is 0.637. The Bertz CT molecular complexity index is 976. The summed E-state index contributed by atoms with van der Waals surface area (Å²) in [6.07, 6.45) is 0. The number of hydrogen-bond donors (Lipinski definition) is 1. The Balaban J connectivity index is 1.87. The highest BCUT2D eigenvalue weighted by molar-refractivity contribution is 7.02. The van der Waals surface area contributed by atoms with Crippen LogP contribution in [0.25, 0.3) is 0 Å². The first kappa shape index (κ1) is 16.6. The first-order chi connectivity index (χ1) is 11.5. The number of rotatable bonds is 4. The van der Waals surface area contributed by atoms with Crippen molar-refractivity contribution in [3.05, 3.63) is 85.5 Å². The number of H-pyrrole nitrogens is 1. The van der Waals surface area contributed by atoms with Gasteiger partial charge in [-0.2, -0.15) is 0 Å². The van der Waals surface area contributed by atoms with E-state index in [2.05, 4.69) is 9.37 Å². The molecule has 0 aliphatic heterocycles. The second-order valence-electron chi connectivity index (χ2n) is 5.07. The standard InChI is InChI=1S/C16H12ClF2N3OS/c17-12-4-1-10(2-5-12)8-20-16-22(15(23)21-24-16)9-11-3-6-13(18)14(19)7-11/h1-7H,8-9H2,(H,21,23). The molecular weight excluding hydrogens is 356 g/mol. The van der Waals surface area contributed by atoms with E-state index in [0.717, 1.165) is 29.2 Å². The molecule has 3 rings (SSSR count). The number of halogens is 3. The zero-order chi connectivity index (χ0) is 17.1. The van der Waals surface area contributed by atoms with Gasteiger partial charge in [0.1, 0.15) is 0 Å². The first-order valence-corrected chi connectivity index (χ1v) is 8.19. The zero-order valence-corrected chi connectivity index (χ0v) is 13.9. The lowest BCUT2D eigenvalue weighted by Gasteiger charge is -2.03. The van der Waals surface area contributed by atoms with Gasteiger partial charge in [-0.3, -0.25) is 13.9 Å². The van der Waals surface area contributed by atoms with E-state index in [1.807, 2.05) is 12.1 Å². The molecule has 2 aromatic carbocycles. The predicted octanol–water partition coefficient (Wildman–Crippen LogP) is 3.32. The molecule has 0 saturated carbocycles. The Kier molecular flexibility index (Phi) is 4.92. The summed E-state index contributed by atoms with van der Waals surface area (Å²) in [4.78, 5) is 16.8. The van der Waals surface area contributed by atoms with Gasteiger partial charge in [0, 0.05) is 5.02 Å². The smallest absolute Gasteiger partial charge is 0.264 e. The van der Waals surface area contributed by atoms with Crippen LogP contribution in [0.15, 0.2) is 52.3 Å². The highest BCUT2D eigenvalue weighted by Crippen LogP contribution is 2.10. The van der Waals surface area contributed by atoms with E-state index in [1.165, 1.54) is 10.6 Å². The average molecular weight is 368 g/mol.